The maximum atomic E-state index is 12.7. The van der Waals surface area contributed by atoms with Crippen LogP contribution >= 0.6 is 0 Å². The summed E-state index contributed by atoms with van der Waals surface area (Å²) in [5.74, 6) is -0.553. The maximum absolute atomic E-state index is 12.7. The summed E-state index contributed by atoms with van der Waals surface area (Å²) >= 11 is 0. The number of amides is 2. The molecular weight excluding hydrogens is 376 g/mol. The first-order chi connectivity index (χ1) is 14.0. The SMILES string of the molecule is COC(=O)c1ccccc1NC(=O)C1CC(=O)N(c2ccc(OC)c(OC)c2)C1. The number of nitrogens with zero attached hydrogens (tertiary/aromatic N) is 1. The Labute approximate surface area is 168 Å². The Morgan fingerprint density at radius 2 is 1.76 bits per heavy atom. The number of nitrogens with one attached hydrogen (secondary N) is 1. The van der Waals surface area contributed by atoms with Gasteiger partial charge in [-0.3, -0.25) is 9.59 Å². The number of ether oxygens (including phenoxy) is 3. The standard InChI is InChI=1S/C21H22N2O6/c1-27-17-9-8-14(11-18(17)28-2)23-12-13(10-19(23)24)20(25)22-16-7-5-4-6-15(16)21(26)29-3/h4-9,11,13H,10,12H2,1-3H3,(H,22,25). The normalized spacial score (nSPS) is 15.8. The number of para-hydroxylation sites is 1. The Hall–Kier alpha value is -3.55. The largest absolute Gasteiger partial charge is 0.493 e. The van der Waals surface area contributed by atoms with Crippen molar-refractivity contribution in [3.8, 4) is 11.5 Å². The summed E-state index contributed by atoms with van der Waals surface area (Å²) in [6.45, 7) is 0.223. The van der Waals surface area contributed by atoms with E-state index in [4.69, 9.17) is 14.2 Å². The molecule has 8 nitrogen and oxygen atoms in total. The van der Waals surface area contributed by atoms with Gasteiger partial charge in [-0.15, -0.1) is 0 Å². The lowest BCUT2D eigenvalue weighted by atomic mass is 10.1. The van der Waals surface area contributed by atoms with E-state index < -0.39 is 11.9 Å². The molecule has 8 heteroatoms. The van der Waals surface area contributed by atoms with E-state index in [1.807, 2.05) is 0 Å². The predicted octanol–water partition coefficient (Wildman–Crippen LogP) is 2.48. The highest BCUT2D eigenvalue weighted by atomic mass is 16.5. The third-order valence-corrected chi connectivity index (χ3v) is 4.76. The maximum Gasteiger partial charge on any atom is 0.339 e. The quantitative estimate of drug-likeness (QED) is 0.752. The molecule has 1 aliphatic heterocycles. The summed E-state index contributed by atoms with van der Waals surface area (Å²) < 4.78 is 15.2. The molecule has 3 rings (SSSR count). The average molecular weight is 398 g/mol. The molecule has 2 aromatic carbocycles. The van der Waals surface area contributed by atoms with Crippen LogP contribution in [0.3, 0.4) is 0 Å². The van der Waals surface area contributed by atoms with Crippen molar-refractivity contribution in [1.29, 1.82) is 0 Å². The zero-order valence-electron chi connectivity index (χ0n) is 16.4. The smallest absolute Gasteiger partial charge is 0.339 e. The first kappa shape index (κ1) is 20.2. The van der Waals surface area contributed by atoms with Crippen LogP contribution in [0.15, 0.2) is 42.5 Å². The lowest BCUT2D eigenvalue weighted by Crippen LogP contribution is -2.28. The van der Waals surface area contributed by atoms with Gasteiger partial charge in [-0.2, -0.15) is 0 Å². The second-order valence-electron chi connectivity index (χ2n) is 6.47. The van der Waals surface area contributed by atoms with Gasteiger partial charge in [0.15, 0.2) is 11.5 Å². The molecule has 0 radical (unpaired) electrons. The summed E-state index contributed by atoms with van der Waals surface area (Å²) in [6.07, 6.45) is 0.0700. The van der Waals surface area contributed by atoms with Crippen molar-refractivity contribution in [2.24, 2.45) is 5.92 Å². The molecule has 152 valence electrons. The number of esters is 1. The van der Waals surface area contributed by atoms with Gasteiger partial charge in [-0.25, -0.2) is 4.79 Å². The van der Waals surface area contributed by atoms with Gasteiger partial charge in [0.05, 0.1) is 38.5 Å². The van der Waals surface area contributed by atoms with Crippen LogP contribution in [0.1, 0.15) is 16.8 Å². The van der Waals surface area contributed by atoms with Crippen LogP contribution in [0.2, 0.25) is 0 Å². The minimum absolute atomic E-state index is 0.0700. The van der Waals surface area contributed by atoms with Gasteiger partial charge >= 0.3 is 5.97 Å². The minimum atomic E-state index is -0.554. The fourth-order valence-electron chi connectivity index (χ4n) is 3.24. The third-order valence-electron chi connectivity index (χ3n) is 4.76. The highest BCUT2D eigenvalue weighted by molar-refractivity contribution is 6.06. The van der Waals surface area contributed by atoms with Crippen LogP contribution < -0.4 is 19.7 Å². The van der Waals surface area contributed by atoms with E-state index in [9.17, 15) is 14.4 Å². The molecular formula is C21H22N2O6. The number of benzene rings is 2. The van der Waals surface area contributed by atoms with Crippen molar-refractivity contribution >= 4 is 29.2 Å². The molecule has 1 heterocycles. The third kappa shape index (κ3) is 4.16. The van der Waals surface area contributed by atoms with Crippen LogP contribution in [0.5, 0.6) is 11.5 Å². The van der Waals surface area contributed by atoms with Gasteiger partial charge < -0.3 is 24.4 Å². The summed E-state index contributed by atoms with van der Waals surface area (Å²) in [5, 5.41) is 2.74. The number of hydrogen-bond acceptors (Lipinski definition) is 6. The molecule has 0 saturated carbocycles. The Kier molecular flexibility index (Phi) is 6.01. The van der Waals surface area contributed by atoms with Gasteiger partial charge in [0.1, 0.15) is 0 Å². The van der Waals surface area contributed by atoms with E-state index in [-0.39, 0.29) is 30.3 Å². The van der Waals surface area contributed by atoms with Crippen molar-refractivity contribution in [3.63, 3.8) is 0 Å². The summed E-state index contributed by atoms with van der Waals surface area (Å²) in [4.78, 5) is 38.7. The number of rotatable bonds is 6. The molecule has 2 amide bonds. The minimum Gasteiger partial charge on any atom is -0.493 e. The second-order valence-corrected chi connectivity index (χ2v) is 6.47. The molecule has 1 unspecified atom stereocenters. The van der Waals surface area contributed by atoms with Gasteiger partial charge in [-0.1, -0.05) is 12.1 Å². The zero-order valence-corrected chi connectivity index (χ0v) is 16.4. The van der Waals surface area contributed by atoms with E-state index in [0.717, 1.165) is 0 Å². The molecule has 1 aliphatic rings. The molecule has 1 N–H and O–H groups in total. The second kappa shape index (κ2) is 8.64. The average Bonchev–Trinajstić information content (AvgIpc) is 3.14. The van der Waals surface area contributed by atoms with E-state index in [1.54, 1.807) is 47.4 Å². The molecule has 29 heavy (non-hydrogen) atoms. The Bertz CT molecular complexity index is 943. The van der Waals surface area contributed by atoms with Gasteiger partial charge in [-0.05, 0) is 24.3 Å². The van der Waals surface area contributed by atoms with Crippen molar-refractivity contribution in [2.45, 2.75) is 6.42 Å². The van der Waals surface area contributed by atoms with Crippen LogP contribution in [-0.2, 0) is 14.3 Å². The lowest BCUT2D eigenvalue weighted by Gasteiger charge is -2.19. The van der Waals surface area contributed by atoms with Crippen LogP contribution in [0.25, 0.3) is 0 Å². The fraction of sp³-hybridized carbons (Fsp3) is 0.286. The summed E-state index contributed by atoms with van der Waals surface area (Å²) in [5.41, 5.74) is 1.23. The highest BCUT2D eigenvalue weighted by Crippen LogP contribution is 2.34. The molecule has 0 spiro atoms. The zero-order chi connectivity index (χ0) is 21.0. The fourth-order valence-corrected chi connectivity index (χ4v) is 3.24. The summed E-state index contributed by atoms with van der Waals surface area (Å²) in [7, 11) is 4.32. The number of hydrogen-bond donors (Lipinski definition) is 1. The Morgan fingerprint density at radius 3 is 2.45 bits per heavy atom. The first-order valence-electron chi connectivity index (χ1n) is 8.99. The molecule has 2 aromatic rings. The number of methoxy groups -OCH3 is 3. The van der Waals surface area contributed by atoms with E-state index >= 15 is 0 Å². The molecule has 0 aromatic heterocycles. The van der Waals surface area contributed by atoms with Crippen molar-refractivity contribution in [3.05, 3.63) is 48.0 Å². The van der Waals surface area contributed by atoms with Crippen molar-refractivity contribution in [1.82, 2.24) is 0 Å². The predicted molar refractivity (Wildman–Crippen MR) is 106 cm³/mol. The topological polar surface area (TPSA) is 94.2 Å². The van der Waals surface area contributed by atoms with Crippen molar-refractivity contribution in [2.75, 3.05) is 38.1 Å². The molecule has 1 fully saturated rings. The Morgan fingerprint density at radius 1 is 1.03 bits per heavy atom. The first-order valence-corrected chi connectivity index (χ1v) is 8.99. The molecule has 1 saturated heterocycles. The van der Waals surface area contributed by atoms with Gasteiger partial charge in [0, 0.05) is 24.7 Å². The van der Waals surface area contributed by atoms with Gasteiger partial charge in [0.25, 0.3) is 0 Å². The lowest BCUT2D eigenvalue weighted by molar-refractivity contribution is -0.122. The summed E-state index contributed by atoms with van der Waals surface area (Å²) in [6, 6.07) is 11.7. The van der Waals surface area contributed by atoms with Gasteiger partial charge in [0.2, 0.25) is 11.8 Å². The Balaban J connectivity index is 1.75. The van der Waals surface area contributed by atoms with Crippen LogP contribution in [0, 0.1) is 5.92 Å². The van der Waals surface area contributed by atoms with Crippen molar-refractivity contribution < 1.29 is 28.6 Å². The molecule has 1 atom stereocenters. The highest BCUT2D eigenvalue weighted by Gasteiger charge is 2.35. The van der Waals surface area contributed by atoms with E-state index in [0.29, 0.717) is 22.9 Å². The molecule has 0 aliphatic carbocycles. The molecule has 0 bridgehead atoms. The van der Waals surface area contributed by atoms with Crippen LogP contribution in [-0.4, -0.2) is 45.7 Å². The number of anilines is 2. The van der Waals surface area contributed by atoms with E-state index in [1.165, 1.54) is 21.3 Å². The number of carbonyl (C=O) groups is 3. The monoisotopic (exact) mass is 398 g/mol. The van der Waals surface area contributed by atoms with Crippen LogP contribution in [0.4, 0.5) is 11.4 Å². The number of carbonyl (C=O) groups excluding carboxylic acids is 3. The van der Waals surface area contributed by atoms with E-state index in [2.05, 4.69) is 5.32 Å².